The monoisotopic (exact) mass is 166 g/mol. The van der Waals surface area contributed by atoms with Crippen molar-refractivity contribution in [3.63, 3.8) is 0 Å². The summed E-state index contributed by atoms with van der Waals surface area (Å²) in [7, 11) is 0. The van der Waals surface area contributed by atoms with Crippen molar-refractivity contribution in [2.24, 2.45) is 0 Å². The predicted octanol–water partition coefficient (Wildman–Crippen LogP) is 2.62. The summed E-state index contributed by atoms with van der Waals surface area (Å²) in [5.41, 5.74) is 0.576. The van der Waals surface area contributed by atoms with E-state index in [2.05, 4.69) is 6.58 Å². The van der Waals surface area contributed by atoms with Crippen LogP contribution in [0.25, 0.3) is 0 Å². The van der Waals surface area contributed by atoms with Crippen LogP contribution < -0.4 is 0 Å². The van der Waals surface area contributed by atoms with Gasteiger partial charge in [-0.2, -0.15) is 0 Å². The molecule has 2 heteroatoms. The molecule has 0 amide bonds. The molecule has 1 aromatic carbocycles. The third-order valence-corrected chi connectivity index (χ3v) is 1.45. The van der Waals surface area contributed by atoms with Gasteiger partial charge in [0.15, 0.2) is 0 Å². The molecule has 0 heterocycles. The Hall–Kier alpha value is -1.08. The van der Waals surface area contributed by atoms with E-state index in [1.165, 1.54) is 0 Å². The first-order valence-corrected chi connectivity index (χ1v) is 3.54. The molecule has 0 spiro atoms. The molecule has 1 rings (SSSR count). The molecule has 1 nitrogen and oxygen atoms in total. The Morgan fingerprint density at radius 2 is 1.82 bits per heavy atom. The van der Waals surface area contributed by atoms with E-state index < -0.39 is 0 Å². The van der Waals surface area contributed by atoms with Gasteiger partial charge in [0.1, 0.15) is 0 Å². The number of halogens is 1. The molecule has 0 saturated heterocycles. The van der Waals surface area contributed by atoms with E-state index in [9.17, 15) is 4.79 Å². The highest BCUT2D eigenvalue weighted by molar-refractivity contribution is 6.44. The van der Waals surface area contributed by atoms with Crippen molar-refractivity contribution < 1.29 is 4.79 Å². The Labute approximate surface area is 70.3 Å². The van der Waals surface area contributed by atoms with Crippen molar-refractivity contribution in [1.29, 1.82) is 0 Å². The molecule has 0 bridgehead atoms. The summed E-state index contributed by atoms with van der Waals surface area (Å²) in [5, 5.41) is 0.0520. The standard InChI is InChI=1S/C9H7ClO/c1-7(10)9(11)8-5-3-2-4-6-8/h2-6H,1H2. The quantitative estimate of drug-likeness (QED) is 0.488. The van der Waals surface area contributed by atoms with Crippen LogP contribution >= 0.6 is 11.6 Å². The second-order valence-electron chi connectivity index (χ2n) is 2.10. The lowest BCUT2D eigenvalue weighted by atomic mass is 10.1. The van der Waals surface area contributed by atoms with Crippen LogP contribution in [0.5, 0.6) is 0 Å². The zero-order chi connectivity index (χ0) is 8.27. The van der Waals surface area contributed by atoms with E-state index in [-0.39, 0.29) is 10.8 Å². The number of hydrogen-bond acceptors (Lipinski definition) is 1. The fraction of sp³-hybridized carbons (Fsp3) is 0. The minimum Gasteiger partial charge on any atom is -0.288 e. The molecule has 0 unspecified atom stereocenters. The lowest BCUT2D eigenvalue weighted by molar-refractivity contribution is 0.104. The van der Waals surface area contributed by atoms with Crippen molar-refractivity contribution in [1.82, 2.24) is 0 Å². The largest absolute Gasteiger partial charge is 0.288 e. The molecule has 56 valence electrons. The van der Waals surface area contributed by atoms with Crippen molar-refractivity contribution in [2.75, 3.05) is 0 Å². The number of carbonyl (C=O) groups excluding carboxylic acids is 1. The number of ketones is 1. The van der Waals surface area contributed by atoms with Gasteiger partial charge in [0.05, 0.1) is 5.03 Å². The summed E-state index contributed by atoms with van der Waals surface area (Å²) in [5.74, 6) is -0.215. The molecular formula is C9H7ClO. The third kappa shape index (κ3) is 1.92. The normalized spacial score (nSPS) is 9.18. The van der Waals surface area contributed by atoms with Gasteiger partial charge in [-0.05, 0) is 0 Å². The highest BCUT2D eigenvalue weighted by atomic mass is 35.5. The maximum atomic E-state index is 11.1. The van der Waals surface area contributed by atoms with Gasteiger partial charge in [0.25, 0.3) is 0 Å². The van der Waals surface area contributed by atoms with Crippen LogP contribution in [0.2, 0.25) is 0 Å². The highest BCUT2D eigenvalue weighted by Gasteiger charge is 2.05. The van der Waals surface area contributed by atoms with Gasteiger partial charge in [0, 0.05) is 5.56 Å². The van der Waals surface area contributed by atoms with E-state index in [0.717, 1.165) is 0 Å². The Balaban J connectivity index is 2.95. The van der Waals surface area contributed by atoms with Crippen molar-refractivity contribution >= 4 is 17.4 Å². The van der Waals surface area contributed by atoms with Crippen molar-refractivity contribution in [3.05, 3.63) is 47.5 Å². The summed E-state index contributed by atoms with van der Waals surface area (Å²) < 4.78 is 0. The summed E-state index contributed by atoms with van der Waals surface area (Å²) >= 11 is 5.42. The zero-order valence-corrected chi connectivity index (χ0v) is 6.64. The molecule has 0 radical (unpaired) electrons. The molecule has 0 aliphatic rings. The Bertz CT molecular complexity index is 277. The van der Waals surface area contributed by atoms with Gasteiger partial charge in [0.2, 0.25) is 5.78 Å². The number of benzene rings is 1. The fourth-order valence-electron chi connectivity index (χ4n) is 0.746. The molecule has 0 N–H and O–H groups in total. The smallest absolute Gasteiger partial charge is 0.203 e. The summed E-state index contributed by atoms with van der Waals surface area (Å²) in [4.78, 5) is 11.1. The Morgan fingerprint density at radius 1 is 1.27 bits per heavy atom. The van der Waals surface area contributed by atoms with Crippen LogP contribution in [0.3, 0.4) is 0 Å². The number of allylic oxidation sites excluding steroid dienone is 1. The van der Waals surface area contributed by atoms with E-state index in [1.807, 2.05) is 6.07 Å². The Morgan fingerprint density at radius 3 is 2.27 bits per heavy atom. The maximum absolute atomic E-state index is 11.1. The minimum absolute atomic E-state index is 0.0520. The minimum atomic E-state index is -0.215. The summed E-state index contributed by atoms with van der Waals surface area (Å²) in [6, 6.07) is 8.82. The molecule has 0 saturated carbocycles. The molecule has 0 aliphatic heterocycles. The summed E-state index contributed by atoms with van der Waals surface area (Å²) in [6.07, 6.45) is 0. The van der Waals surface area contributed by atoms with Crippen LogP contribution in [-0.2, 0) is 0 Å². The van der Waals surface area contributed by atoms with Gasteiger partial charge < -0.3 is 0 Å². The second kappa shape index (κ2) is 3.35. The van der Waals surface area contributed by atoms with Crippen LogP contribution in [0.1, 0.15) is 10.4 Å². The third-order valence-electron chi connectivity index (χ3n) is 1.28. The zero-order valence-electron chi connectivity index (χ0n) is 5.88. The van der Waals surface area contributed by atoms with E-state index in [4.69, 9.17) is 11.6 Å². The van der Waals surface area contributed by atoms with Crippen LogP contribution in [0.4, 0.5) is 0 Å². The number of Topliss-reactive ketones (excluding diaryl/α,β-unsaturated/α-hetero) is 1. The lowest BCUT2D eigenvalue weighted by Crippen LogP contribution is -1.96. The molecule has 11 heavy (non-hydrogen) atoms. The first kappa shape index (κ1) is 8.02. The topological polar surface area (TPSA) is 17.1 Å². The van der Waals surface area contributed by atoms with E-state index >= 15 is 0 Å². The average molecular weight is 167 g/mol. The van der Waals surface area contributed by atoms with Crippen molar-refractivity contribution in [2.45, 2.75) is 0 Å². The lowest BCUT2D eigenvalue weighted by Gasteiger charge is -1.95. The fourth-order valence-corrected chi connectivity index (χ4v) is 0.855. The van der Waals surface area contributed by atoms with Gasteiger partial charge in [-0.3, -0.25) is 4.79 Å². The van der Waals surface area contributed by atoms with Gasteiger partial charge >= 0.3 is 0 Å². The van der Waals surface area contributed by atoms with Crippen molar-refractivity contribution in [3.8, 4) is 0 Å². The molecule has 0 aromatic heterocycles. The van der Waals surface area contributed by atoms with Crippen LogP contribution in [-0.4, -0.2) is 5.78 Å². The molecular weight excluding hydrogens is 160 g/mol. The SMILES string of the molecule is C=C(Cl)C(=O)c1ccccc1. The predicted molar refractivity (Wildman–Crippen MR) is 45.8 cm³/mol. The Kier molecular flexibility index (Phi) is 2.44. The van der Waals surface area contributed by atoms with Crippen LogP contribution in [0.15, 0.2) is 41.9 Å². The van der Waals surface area contributed by atoms with Crippen LogP contribution in [0, 0.1) is 0 Å². The molecule has 0 atom stereocenters. The number of carbonyl (C=O) groups is 1. The highest BCUT2D eigenvalue weighted by Crippen LogP contribution is 2.08. The first-order chi connectivity index (χ1) is 5.22. The van der Waals surface area contributed by atoms with E-state index in [1.54, 1.807) is 24.3 Å². The van der Waals surface area contributed by atoms with Gasteiger partial charge in [-0.1, -0.05) is 48.5 Å². The van der Waals surface area contributed by atoms with E-state index in [0.29, 0.717) is 5.56 Å². The summed E-state index contributed by atoms with van der Waals surface area (Å²) in [6.45, 7) is 3.35. The second-order valence-corrected chi connectivity index (χ2v) is 2.56. The first-order valence-electron chi connectivity index (χ1n) is 3.16. The number of rotatable bonds is 2. The maximum Gasteiger partial charge on any atom is 0.203 e. The molecule has 0 aliphatic carbocycles. The number of hydrogen-bond donors (Lipinski definition) is 0. The molecule has 0 fully saturated rings. The average Bonchev–Trinajstić information content (AvgIpc) is 2.05. The molecule has 1 aromatic rings. The van der Waals surface area contributed by atoms with Gasteiger partial charge in [-0.25, -0.2) is 0 Å². The van der Waals surface area contributed by atoms with Gasteiger partial charge in [-0.15, -0.1) is 0 Å².